The number of piperazine rings is 1. The van der Waals surface area contributed by atoms with E-state index in [0.29, 0.717) is 52.7 Å². The van der Waals surface area contributed by atoms with E-state index in [0.717, 1.165) is 42.7 Å². The number of carbonyl (C=O) groups is 4. The summed E-state index contributed by atoms with van der Waals surface area (Å²) < 4.78 is 23.4. The van der Waals surface area contributed by atoms with E-state index in [1.54, 1.807) is 42.6 Å². The lowest BCUT2D eigenvalue weighted by Gasteiger charge is -2.34. The molecule has 3 aromatic carbocycles. The first-order chi connectivity index (χ1) is 28.6. The number of aromatic nitrogens is 3. The average Bonchev–Trinajstić information content (AvgIpc) is 3.90. The summed E-state index contributed by atoms with van der Waals surface area (Å²) in [6.45, 7) is 2.81. The quantitative estimate of drug-likeness (QED) is 0.152. The van der Waals surface area contributed by atoms with Gasteiger partial charge in [-0.2, -0.15) is 9.97 Å². The first-order valence-corrected chi connectivity index (χ1v) is 19.9. The number of rotatable bonds is 8. The molecule has 0 aliphatic carbocycles. The molecule has 5 aliphatic rings. The van der Waals surface area contributed by atoms with Gasteiger partial charge in [0.25, 0.3) is 11.8 Å². The maximum absolute atomic E-state index is 17.0. The fourth-order valence-corrected chi connectivity index (χ4v) is 9.52. The minimum Gasteiger partial charge on any atom is -0.508 e. The average molecular weight is 795 g/mol. The Labute approximate surface area is 337 Å². The molecular formula is C44H39FN8O6. The van der Waals surface area contributed by atoms with Crippen LogP contribution < -0.4 is 20.3 Å². The molecule has 4 atom stereocenters. The molecule has 7 heterocycles. The van der Waals surface area contributed by atoms with Gasteiger partial charge in [-0.25, -0.2) is 4.39 Å². The summed E-state index contributed by atoms with van der Waals surface area (Å²) in [5, 5.41) is 18.2. The normalized spacial score (nSPS) is 23.0. The summed E-state index contributed by atoms with van der Waals surface area (Å²) in [6.07, 6.45) is 11.4. The molecule has 0 spiro atoms. The number of piperidine rings is 1. The third-order valence-corrected chi connectivity index (χ3v) is 12.3. The molecule has 4 amide bonds. The van der Waals surface area contributed by atoms with Crippen LogP contribution in [0.25, 0.3) is 32.9 Å². The number of likely N-dealkylation sites (tertiary alicyclic amines) is 1. The fraction of sp³-hybridized carbons (Fsp3) is 0.341. The summed E-state index contributed by atoms with van der Waals surface area (Å²) in [6, 6.07) is 13.0. The molecule has 14 nitrogen and oxygen atoms in total. The molecule has 2 bridgehead atoms. The smallest absolute Gasteiger partial charge is 0.319 e. The van der Waals surface area contributed by atoms with Gasteiger partial charge in [0.2, 0.25) is 11.8 Å². The third-order valence-electron chi connectivity index (χ3n) is 12.3. The van der Waals surface area contributed by atoms with Gasteiger partial charge in [-0.3, -0.25) is 39.3 Å². The fourth-order valence-electron chi connectivity index (χ4n) is 9.52. The number of aromatic hydroxyl groups is 1. The molecule has 1 unspecified atom stereocenters. The van der Waals surface area contributed by atoms with Crippen molar-refractivity contribution in [2.75, 3.05) is 31.1 Å². The van der Waals surface area contributed by atoms with E-state index in [9.17, 15) is 24.3 Å². The van der Waals surface area contributed by atoms with Crippen LogP contribution in [0, 0.1) is 18.2 Å². The highest BCUT2D eigenvalue weighted by atomic mass is 19.1. The number of fused-ring (bicyclic) bond motifs is 5. The summed E-state index contributed by atoms with van der Waals surface area (Å²) in [5.41, 5.74) is 2.19. The monoisotopic (exact) mass is 794 g/mol. The number of halogens is 1. The predicted octanol–water partition coefficient (Wildman–Crippen LogP) is 4.06. The number of phenols is 1. The number of phenolic OH excluding ortho intramolecular Hbond substituents is 1. The number of benzene rings is 3. The molecule has 2 aromatic heterocycles. The van der Waals surface area contributed by atoms with Crippen LogP contribution in [0.1, 0.15) is 70.4 Å². The molecule has 5 aromatic rings. The zero-order valence-corrected chi connectivity index (χ0v) is 31.9. The van der Waals surface area contributed by atoms with Crippen molar-refractivity contribution in [3.8, 4) is 35.4 Å². The van der Waals surface area contributed by atoms with E-state index in [1.165, 1.54) is 6.07 Å². The van der Waals surface area contributed by atoms with Crippen LogP contribution in [0.4, 0.5) is 10.2 Å². The number of terminal acetylenes is 1. The van der Waals surface area contributed by atoms with Gasteiger partial charge in [0, 0.05) is 66.9 Å². The Morgan fingerprint density at radius 1 is 0.949 bits per heavy atom. The molecule has 5 aliphatic heterocycles. The van der Waals surface area contributed by atoms with Gasteiger partial charge in [0.1, 0.15) is 35.4 Å². The molecule has 15 heteroatoms. The van der Waals surface area contributed by atoms with Crippen LogP contribution >= 0.6 is 0 Å². The summed E-state index contributed by atoms with van der Waals surface area (Å²) in [7, 11) is 0. The van der Waals surface area contributed by atoms with E-state index in [-0.39, 0.29) is 71.7 Å². The Bertz CT molecular complexity index is 2670. The molecule has 0 radical (unpaired) electrons. The van der Waals surface area contributed by atoms with Gasteiger partial charge >= 0.3 is 6.01 Å². The van der Waals surface area contributed by atoms with Gasteiger partial charge in [-0.1, -0.05) is 24.1 Å². The van der Waals surface area contributed by atoms with E-state index in [1.807, 2.05) is 6.07 Å². The topological polar surface area (TPSA) is 170 Å². The van der Waals surface area contributed by atoms with E-state index in [4.69, 9.17) is 16.1 Å². The van der Waals surface area contributed by atoms with E-state index in [2.05, 4.69) is 36.3 Å². The molecule has 4 fully saturated rings. The van der Waals surface area contributed by atoms with Crippen molar-refractivity contribution in [3.05, 3.63) is 82.8 Å². The molecule has 10 rings (SSSR count). The number of carbonyl (C=O) groups excluding carboxylic acids is 4. The Hall–Kier alpha value is -6.50. The number of hydrogen-bond acceptors (Lipinski definition) is 12. The number of nitrogens with zero attached hydrogens (tertiary/aromatic N) is 6. The van der Waals surface area contributed by atoms with Crippen LogP contribution in [-0.2, 0) is 16.1 Å². The number of nitrogens with one attached hydrogen (secondary N) is 2. The SMILES string of the molecule is C#Cc1cccc2cc(O)cc(-c3ncc4c(N5C[C@H]6CC[C@@H](C5)N6)nc(OC[C@@H]5CCCN5Cc5ccc6c(c5)C(=O)N(C5CCC(=O)NC5=O)C6=O)nc4c3F)c12. The van der Waals surface area contributed by atoms with Gasteiger partial charge in [0.05, 0.1) is 16.5 Å². The van der Waals surface area contributed by atoms with E-state index >= 15 is 4.39 Å². The molecular weight excluding hydrogens is 756 g/mol. The predicted molar refractivity (Wildman–Crippen MR) is 214 cm³/mol. The van der Waals surface area contributed by atoms with Crippen LogP contribution in [0.2, 0.25) is 0 Å². The number of ether oxygens (including phenoxy) is 1. The summed E-state index contributed by atoms with van der Waals surface area (Å²) in [5.74, 6) is 0.304. The second kappa shape index (κ2) is 14.4. The zero-order chi connectivity index (χ0) is 40.5. The largest absolute Gasteiger partial charge is 0.508 e. The van der Waals surface area contributed by atoms with Gasteiger partial charge < -0.3 is 20.1 Å². The molecule has 4 saturated heterocycles. The Morgan fingerprint density at radius 3 is 2.56 bits per heavy atom. The van der Waals surface area contributed by atoms with Gasteiger partial charge in [-0.15, -0.1) is 6.42 Å². The van der Waals surface area contributed by atoms with Crippen LogP contribution in [0.15, 0.2) is 54.7 Å². The Balaban J connectivity index is 0.938. The highest BCUT2D eigenvalue weighted by Gasteiger charge is 2.45. The highest BCUT2D eigenvalue weighted by Crippen LogP contribution is 2.39. The van der Waals surface area contributed by atoms with Crippen molar-refractivity contribution in [3.63, 3.8) is 0 Å². The second-order valence-electron chi connectivity index (χ2n) is 16.0. The van der Waals surface area contributed by atoms with Crippen molar-refractivity contribution in [2.24, 2.45) is 0 Å². The number of anilines is 1. The lowest BCUT2D eigenvalue weighted by atomic mass is 9.96. The minimum absolute atomic E-state index is 0.00574. The van der Waals surface area contributed by atoms with Crippen LogP contribution in [0.5, 0.6) is 11.8 Å². The van der Waals surface area contributed by atoms with E-state index < -0.39 is 35.5 Å². The van der Waals surface area contributed by atoms with Crippen molar-refractivity contribution in [2.45, 2.75) is 69.2 Å². The van der Waals surface area contributed by atoms with Crippen molar-refractivity contribution >= 4 is 51.1 Å². The number of hydrogen-bond donors (Lipinski definition) is 3. The number of imide groups is 2. The highest BCUT2D eigenvalue weighted by molar-refractivity contribution is 6.23. The first kappa shape index (κ1) is 36.8. The van der Waals surface area contributed by atoms with Gasteiger partial charge in [-0.05, 0) is 79.9 Å². The van der Waals surface area contributed by atoms with Crippen molar-refractivity contribution in [1.29, 1.82) is 0 Å². The molecule has 298 valence electrons. The van der Waals surface area contributed by atoms with Gasteiger partial charge in [0.15, 0.2) is 5.82 Å². The lowest BCUT2D eigenvalue weighted by Crippen LogP contribution is -2.54. The van der Waals surface area contributed by atoms with Crippen molar-refractivity contribution < 1.29 is 33.4 Å². The standard InChI is InChI=1S/C44H39FN8O6/c1-2-24-5-3-6-25-16-29(54)17-32(36(24)25)38-37(45)39-33(18-46-38)40(52-20-26-9-10-27(21-52)47-26)50-44(49-39)59-22-28-7-4-14-51(28)19-23-8-11-30-31(15-23)43(58)53(42(30)57)34-12-13-35(55)48-41(34)56/h1,3,5-6,8,11,15-18,26-28,34,47,54H,4,7,9-10,12-14,19-22H2,(H,48,55,56)/t26-,27+,28-,34?/m0/s1. The minimum atomic E-state index is -1.03. The molecule has 59 heavy (non-hydrogen) atoms. The Morgan fingerprint density at radius 2 is 1.76 bits per heavy atom. The maximum atomic E-state index is 17.0. The van der Waals surface area contributed by atoms with Crippen LogP contribution in [0.3, 0.4) is 0 Å². The van der Waals surface area contributed by atoms with Crippen LogP contribution in [-0.4, -0.2) is 104 Å². The summed E-state index contributed by atoms with van der Waals surface area (Å²) >= 11 is 0. The number of pyridine rings is 1. The third kappa shape index (κ3) is 6.39. The number of amides is 4. The summed E-state index contributed by atoms with van der Waals surface area (Å²) in [4.78, 5) is 70.5. The zero-order valence-electron chi connectivity index (χ0n) is 31.9. The molecule has 0 saturated carbocycles. The lowest BCUT2D eigenvalue weighted by molar-refractivity contribution is -0.136. The first-order valence-electron chi connectivity index (χ1n) is 19.9. The second-order valence-corrected chi connectivity index (χ2v) is 16.0. The van der Waals surface area contributed by atoms with Crippen molar-refractivity contribution in [1.82, 2.24) is 35.4 Å². The Kier molecular flexibility index (Phi) is 8.99. The maximum Gasteiger partial charge on any atom is 0.319 e. The molecule has 3 N–H and O–H groups in total.